The number of amides is 1. The first-order chi connectivity index (χ1) is 11.7. The predicted octanol–water partition coefficient (Wildman–Crippen LogP) is 3.25. The van der Waals surface area contributed by atoms with Crippen molar-refractivity contribution in [2.45, 2.75) is 46.1 Å². The standard InChI is InChI=1S/C20H31N3O/c1-3-23(4-2)14-16-8-7-10-18(12-16)22-19(24)20-11-6-5-9-17(20)13-21-15-20/h7-8,10,12,17,21H,3-6,9,11,13-15H2,1-2H3,(H,22,24)/t17-,20+/m0/s1. The highest BCUT2D eigenvalue weighted by molar-refractivity contribution is 5.96. The molecule has 4 nitrogen and oxygen atoms in total. The summed E-state index contributed by atoms with van der Waals surface area (Å²) in [7, 11) is 0. The van der Waals surface area contributed by atoms with Gasteiger partial charge in [-0.15, -0.1) is 0 Å². The summed E-state index contributed by atoms with van der Waals surface area (Å²) in [5.74, 6) is 0.724. The Labute approximate surface area is 146 Å². The summed E-state index contributed by atoms with van der Waals surface area (Å²) in [5, 5.41) is 6.68. The number of rotatable bonds is 6. The quantitative estimate of drug-likeness (QED) is 0.842. The second-order valence-corrected chi connectivity index (χ2v) is 7.35. The molecule has 0 spiro atoms. The lowest BCUT2D eigenvalue weighted by molar-refractivity contribution is -0.128. The average molecular weight is 329 g/mol. The molecule has 4 heteroatoms. The number of carbonyl (C=O) groups excluding carboxylic acids is 1. The molecule has 1 aliphatic carbocycles. The predicted molar refractivity (Wildman–Crippen MR) is 99.0 cm³/mol. The third-order valence-corrected chi connectivity index (χ3v) is 5.98. The van der Waals surface area contributed by atoms with Gasteiger partial charge in [-0.05, 0) is 56.1 Å². The van der Waals surface area contributed by atoms with E-state index in [2.05, 4.69) is 47.6 Å². The van der Waals surface area contributed by atoms with Crippen molar-refractivity contribution in [3.8, 4) is 0 Å². The van der Waals surface area contributed by atoms with Crippen molar-refractivity contribution in [3.05, 3.63) is 29.8 Å². The van der Waals surface area contributed by atoms with E-state index in [9.17, 15) is 4.79 Å². The Morgan fingerprint density at radius 1 is 1.33 bits per heavy atom. The Morgan fingerprint density at radius 3 is 2.96 bits per heavy atom. The first-order valence-electron chi connectivity index (χ1n) is 9.51. The van der Waals surface area contributed by atoms with Crippen LogP contribution in [0.2, 0.25) is 0 Å². The molecule has 1 amide bonds. The zero-order chi connectivity index (χ0) is 17.0. The van der Waals surface area contributed by atoms with E-state index in [0.717, 1.165) is 44.8 Å². The number of benzene rings is 1. The van der Waals surface area contributed by atoms with E-state index in [-0.39, 0.29) is 11.3 Å². The van der Waals surface area contributed by atoms with E-state index in [4.69, 9.17) is 0 Å². The van der Waals surface area contributed by atoms with E-state index in [0.29, 0.717) is 5.92 Å². The number of nitrogens with one attached hydrogen (secondary N) is 2. The fourth-order valence-corrected chi connectivity index (χ4v) is 4.40. The van der Waals surface area contributed by atoms with Gasteiger partial charge in [0, 0.05) is 18.8 Å². The lowest BCUT2D eigenvalue weighted by Crippen LogP contribution is -2.44. The smallest absolute Gasteiger partial charge is 0.232 e. The maximum atomic E-state index is 13.1. The minimum Gasteiger partial charge on any atom is -0.326 e. The molecular weight excluding hydrogens is 298 g/mol. The molecule has 2 N–H and O–H groups in total. The van der Waals surface area contributed by atoms with Crippen LogP contribution in [0.15, 0.2) is 24.3 Å². The molecule has 0 radical (unpaired) electrons. The summed E-state index contributed by atoms with van der Waals surface area (Å²) in [6, 6.07) is 8.34. The first-order valence-corrected chi connectivity index (χ1v) is 9.51. The van der Waals surface area contributed by atoms with Gasteiger partial charge in [0.05, 0.1) is 5.41 Å². The highest BCUT2D eigenvalue weighted by atomic mass is 16.2. The number of carbonyl (C=O) groups is 1. The van der Waals surface area contributed by atoms with Crippen LogP contribution in [0.3, 0.4) is 0 Å². The lowest BCUT2D eigenvalue weighted by atomic mass is 9.67. The van der Waals surface area contributed by atoms with Gasteiger partial charge in [-0.1, -0.05) is 38.8 Å². The van der Waals surface area contributed by atoms with Gasteiger partial charge in [0.25, 0.3) is 0 Å². The molecule has 1 aromatic rings. The Kier molecular flexibility index (Phi) is 5.57. The minimum atomic E-state index is -0.187. The Bertz CT molecular complexity index is 570. The van der Waals surface area contributed by atoms with Gasteiger partial charge in [-0.25, -0.2) is 0 Å². The summed E-state index contributed by atoms with van der Waals surface area (Å²) in [5.41, 5.74) is 2.02. The van der Waals surface area contributed by atoms with Crippen molar-refractivity contribution in [2.75, 3.05) is 31.5 Å². The van der Waals surface area contributed by atoms with Crippen LogP contribution in [0.1, 0.15) is 45.1 Å². The van der Waals surface area contributed by atoms with Crippen LogP contribution in [-0.2, 0) is 11.3 Å². The Balaban J connectivity index is 1.70. The zero-order valence-electron chi connectivity index (χ0n) is 15.1. The Hall–Kier alpha value is -1.39. The fourth-order valence-electron chi connectivity index (χ4n) is 4.40. The molecule has 0 bridgehead atoms. The number of nitrogens with zero attached hydrogens (tertiary/aromatic N) is 1. The van der Waals surface area contributed by atoms with Gasteiger partial charge in [-0.2, -0.15) is 0 Å². The van der Waals surface area contributed by atoms with Crippen LogP contribution in [0.4, 0.5) is 5.69 Å². The van der Waals surface area contributed by atoms with E-state index in [1.54, 1.807) is 0 Å². The molecule has 1 saturated heterocycles. The SMILES string of the molecule is CCN(CC)Cc1cccc(NC(=O)[C@@]23CCCC[C@H]2CNC3)c1. The molecule has 3 rings (SSSR count). The number of hydrogen-bond donors (Lipinski definition) is 2. The number of hydrogen-bond acceptors (Lipinski definition) is 3. The molecule has 1 aliphatic heterocycles. The van der Waals surface area contributed by atoms with Crippen molar-refractivity contribution in [1.82, 2.24) is 10.2 Å². The molecule has 132 valence electrons. The molecule has 1 saturated carbocycles. The maximum Gasteiger partial charge on any atom is 0.232 e. The van der Waals surface area contributed by atoms with Crippen LogP contribution in [0.5, 0.6) is 0 Å². The third kappa shape index (κ3) is 3.50. The summed E-state index contributed by atoms with van der Waals surface area (Å²) in [4.78, 5) is 15.4. The topological polar surface area (TPSA) is 44.4 Å². The number of fused-ring (bicyclic) bond motifs is 1. The van der Waals surface area contributed by atoms with Crippen LogP contribution in [-0.4, -0.2) is 37.0 Å². The van der Waals surface area contributed by atoms with Gasteiger partial charge in [-0.3, -0.25) is 9.69 Å². The largest absolute Gasteiger partial charge is 0.326 e. The van der Waals surface area contributed by atoms with E-state index < -0.39 is 0 Å². The van der Waals surface area contributed by atoms with Gasteiger partial charge in [0.15, 0.2) is 0 Å². The van der Waals surface area contributed by atoms with Crippen LogP contribution in [0, 0.1) is 11.3 Å². The minimum absolute atomic E-state index is 0.187. The van der Waals surface area contributed by atoms with Crippen LogP contribution in [0.25, 0.3) is 0 Å². The molecule has 2 fully saturated rings. The van der Waals surface area contributed by atoms with Crippen molar-refractivity contribution >= 4 is 11.6 Å². The molecule has 0 aromatic heterocycles. The van der Waals surface area contributed by atoms with Crippen molar-refractivity contribution in [2.24, 2.45) is 11.3 Å². The first kappa shape index (κ1) is 17.4. The molecule has 2 aliphatic rings. The highest BCUT2D eigenvalue weighted by Crippen LogP contribution is 2.44. The fraction of sp³-hybridized carbons (Fsp3) is 0.650. The van der Waals surface area contributed by atoms with E-state index >= 15 is 0 Å². The third-order valence-electron chi connectivity index (χ3n) is 5.98. The van der Waals surface area contributed by atoms with Crippen LogP contribution < -0.4 is 10.6 Å². The molecule has 1 aromatic carbocycles. The zero-order valence-corrected chi connectivity index (χ0v) is 15.1. The second-order valence-electron chi connectivity index (χ2n) is 7.35. The summed E-state index contributed by atoms with van der Waals surface area (Å²) in [6.07, 6.45) is 4.65. The summed E-state index contributed by atoms with van der Waals surface area (Å²) in [6.45, 7) is 9.23. The van der Waals surface area contributed by atoms with Crippen molar-refractivity contribution in [3.63, 3.8) is 0 Å². The van der Waals surface area contributed by atoms with Crippen molar-refractivity contribution < 1.29 is 4.79 Å². The maximum absolute atomic E-state index is 13.1. The van der Waals surface area contributed by atoms with Gasteiger partial charge < -0.3 is 10.6 Å². The molecular formula is C20H31N3O. The summed E-state index contributed by atoms with van der Waals surface area (Å²) >= 11 is 0. The lowest BCUT2D eigenvalue weighted by Gasteiger charge is -2.37. The molecule has 0 unspecified atom stereocenters. The molecule has 1 heterocycles. The van der Waals surface area contributed by atoms with Gasteiger partial charge in [0.2, 0.25) is 5.91 Å². The van der Waals surface area contributed by atoms with Crippen molar-refractivity contribution in [1.29, 1.82) is 0 Å². The van der Waals surface area contributed by atoms with E-state index in [1.807, 2.05) is 6.07 Å². The summed E-state index contributed by atoms with van der Waals surface area (Å²) < 4.78 is 0. The second kappa shape index (κ2) is 7.66. The normalized spacial score (nSPS) is 26.4. The highest BCUT2D eigenvalue weighted by Gasteiger charge is 2.49. The van der Waals surface area contributed by atoms with E-state index in [1.165, 1.54) is 24.8 Å². The average Bonchev–Trinajstić information content (AvgIpc) is 3.05. The Morgan fingerprint density at radius 2 is 2.17 bits per heavy atom. The molecule has 24 heavy (non-hydrogen) atoms. The van der Waals surface area contributed by atoms with Gasteiger partial charge in [0.1, 0.15) is 0 Å². The number of anilines is 1. The van der Waals surface area contributed by atoms with Crippen LogP contribution >= 0.6 is 0 Å². The van der Waals surface area contributed by atoms with Gasteiger partial charge >= 0.3 is 0 Å². The molecule has 2 atom stereocenters. The monoisotopic (exact) mass is 329 g/mol.